The molecule has 1 aliphatic heterocycles. The lowest BCUT2D eigenvalue weighted by atomic mass is 9.99. The molecule has 0 aromatic heterocycles. The van der Waals surface area contributed by atoms with Gasteiger partial charge in [-0.05, 0) is 25.7 Å². The van der Waals surface area contributed by atoms with Crippen molar-refractivity contribution in [3.8, 4) is 0 Å². The van der Waals surface area contributed by atoms with Gasteiger partial charge in [0.05, 0.1) is 12.7 Å². The zero-order chi connectivity index (χ0) is 8.27. The minimum Gasteiger partial charge on any atom is -0.374 e. The molecule has 1 heteroatoms. The van der Waals surface area contributed by atoms with Crippen LogP contribution in [0.5, 0.6) is 0 Å². The van der Waals surface area contributed by atoms with Gasteiger partial charge in [0, 0.05) is 0 Å². The van der Waals surface area contributed by atoms with E-state index in [-0.39, 0.29) is 0 Å². The van der Waals surface area contributed by atoms with Crippen molar-refractivity contribution in [3.05, 3.63) is 11.6 Å². The summed E-state index contributed by atoms with van der Waals surface area (Å²) in [6.45, 7) is 7.51. The monoisotopic (exact) mass is 154 g/mol. The fourth-order valence-electron chi connectivity index (χ4n) is 1.50. The Balaban J connectivity index is 2.32. The Morgan fingerprint density at radius 1 is 1.64 bits per heavy atom. The molecular formula is C10H18O. The zero-order valence-corrected chi connectivity index (χ0v) is 7.76. The predicted octanol–water partition coefficient (Wildman–Crippen LogP) is 2.77. The van der Waals surface area contributed by atoms with Crippen molar-refractivity contribution in [3.63, 3.8) is 0 Å². The number of rotatable bonds is 2. The molecule has 1 aliphatic rings. The molecule has 64 valence electrons. The van der Waals surface area contributed by atoms with Crippen LogP contribution in [0.1, 0.15) is 33.6 Å². The van der Waals surface area contributed by atoms with Gasteiger partial charge < -0.3 is 4.74 Å². The van der Waals surface area contributed by atoms with Gasteiger partial charge >= 0.3 is 0 Å². The molecule has 0 amide bonds. The molecule has 0 unspecified atom stereocenters. The van der Waals surface area contributed by atoms with Crippen molar-refractivity contribution in [2.24, 2.45) is 5.92 Å². The van der Waals surface area contributed by atoms with Crippen molar-refractivity contribution < 1.29 is 4.74 Å². The first kappa shape index (κ1) is 8.79. The van der Waals surface area contributed by atoms with Gasteiger partial charge in [-0.1, -0.05) is 25.5 Å². The Hall–Kier alpha value is -0.300. The zero-order valence-electron chi connectivity index (χ0n) is 7.76. The normalized spacial score (nSPS) is 25.5. The van der Waals surface area contributed by atoms with E-state index in [2.05, 4.69) is 26.8 Å². The van der Waals surface area contributed by atoms with E-state index in [1.165, 1.54) is 12.0 Å². The fourth-order valence-corrected chi connectivity index (χ4v) is 1.50. The summed E-state index contributed by atoms with van der Waals surface area (Å²) in [6.07, 6.45) is 5.00. The van der Waals surface area contributed by atoms with E-state index in [1.54, 1.807) is 0 Å². The van der Waals surface area contributed by atoms with E-state index in [9.17, 15) is 0 Å². The minimum atomic E-state index is 0.486. The van der Waals surface area contributed by atoms with Gasteiger partial charge in [0.25, 0.3) is 0 Å². The van der Waals surface area contributed by atoms with Crippen molar-refractivity contribution in [1.82, 2.24) is 0 Å². The largest absolute Gasteiger partial charge is 0.374 e. The van der Waals surface area contributed by atoms with Crippen LogP contribution in [0, 0.1) is 5.92 Å². The van der Waals surface area contributed by atoms with Gasteiger partial charge in [0.1, 0.15) is 0 Å². The van der Waals surface area contributed by atoms with Crippen LogP contribution < -0.4 is 0 Å². The summed E-state index contributed by atoms with van der Waals surface area (Å²) in [5.74, 6) is 0.755. The first-order valence-corrected chi connectivity index (χ1v) is 4.45. The van der Waals surface area contributed by atoms with Crippen molar-refractivity contribution >= 4 is 0 Å². The van der Waals surface area contributed by atoms with Gasteiger partial charge in [-0.25, -0.2) is 0 Å². The highest BCUT2D eigenvalue weighted by atomic mass is 16.5. The van der Waals surface area contributed by atoms with Gasteiger partial charge in [-0.15, -0.1) is 0 Å². The highest BCUT2D eigenvalue weighted by Gasteiger charge is 2.14. The molecule has 0 bridgehead atoms. The molecule has 1 rings (SSSR count). The van der Waals surface area contributed by atoms with Crippen LogP contribution in [0.3, 0.4) is 0 Å². The first-order valence-electron chi connectivity index (χ1n) is 4.45. The molecule has 1 heterocycles. The molecule has 1 nitrogen and oxygen atoms in total. The topological polar surface area (TPSA) is 9.23 Å². The van der Waals surface area contributed by atoms with E-state index in [0.29, 0.717) is 6.10 Å². The Labute approximate surface area is 69.4 Å². The summed E-state index contributed by atoms with van der Waals surface area (Å²) in [5, 5.41) is 0. The third-order valence-corrected chi connectivity index (χ3v) is 2.05. The van der Waals surface area contributed by atoms with Gasteiger partial charge in [-0.2, -0.15) is 0 Å². The Kier molecular flexibility index (Phi) is 3.13. The number of ether oxygens (including phenoxy) is 1. The molecule has 0 fully saturated rings. The average molecular weight is 154 g/mol. The predicted molar refractivity (Wildman–Crippen MR) is 47.6 cm³/mol. The second kappa shape index (κ2) is 3.91. The van der Waals surface area contributed by atoms with Crippen molar-refractivity contribution in [1.29, 1.82) is 0 Å². The highest BCUT2D eigenvalue weighted by molar-refractivity contribution is 5.02. The molecule has 1 atom stereocenters. The van der Waals surface area contributed by atoms with E-state index in [1.807, 2.05) is 0 Å². The van der Waals surface area contributed by atoms with Crippen molar-refractivity contribution in [2.75, 3.05) is 6.61 Å². The van der Waals surface area contributed by atoms with Gasteiger partial charge in [-0.3, -0.25) is 0 Å². The molecule has 0 N–H and O–H groups in total. The lowest BCUT2D eigenvalue weighted by Crippen LogP contribution is -2.19. The summed E-state index contributed by atoms with van der Waals surface area (Å²) < 4.78 is 5.58. The maximum Gasteiger partial charge on any atom is 0.0653 e. The van der Waals surface area contributed by atoms with Crippen LogP contribution in [0.15, 0.2) is 11.6 Å². The molecule has 0 radical (unpaired) electrons. The molecule has 0 aromatic rings. The standard InChI is InChI=1S/C10H18O/c1-8(2)6-10-7-9(3)4-5-11-10/h4,8,10H,5-7H2,1-3H3/t10-/m0/s1. The first-order chi connectivity index (χ1) is 5.18. The van der Waals surface area contributed by atoms with Crippen LogP contribution in [-0.2, 0) is 4.74 Å². The Bertz CT molecular complexity index is 147. The van der Waals surface area contributed by atoms with Gasteiger partial charge in [0.2, 0.25) is 0 Å². The summed E-state index contributed by atoms with van der Waals surface area (Å²) in [5.41, 5.74) is 1.49. The van der Waals surface area contributed by atoms with E-state index < -0.39 is 0 Å². The Morgan fingerprint density at radius 2 is 2.36 bits per heavy atom. The SMILES string of the molecule is CC1=CCO[C@@H](CC(C)C)C1. The second-order valence-electron chi connectivity index (χ2n) is 3.84. The third-order valence-electron chi connectivity index (χ3n) is 2.05. The van der Waals surface area contributed by atoms with E-state index in [0.717, 1.165) is 18.9 Å². The molecule has 0 saturated carbocycles. The molecule has 0 saturated heterocycles. The summed E-state index contributed by atoms with van der Waals surface area (Å²) in [4.78, 5) is 0. The van der Waals surface area contributed by atoms with Crippen LogP contribution in [0.4, 0.5) is 0 Å². The lowest BCUT2D eigenvalue weighted by molar-refractivity contribution is 0.0494. The number of hydrogen-bond donors (Lipinski definition) is 0. The maximum atomic E-state index is 5.58. The highest BCUT2D eigenvalue weighted by Crippen LogP contribution is 2.19. The smallest absolute Gasteiger partial charge is 0.0653 e. The average Bonchev–Trinajstić information content (AvgIpc) is 1.85. The fraction of sp³-hybridized carbons (Fsp3) is 0.800. The number of hydrogen-bond acceptors (Lipinski definition) is 1. The van der Waals surface area contributed by atoms with Crippen LogP contribution in [0.25, 0.3) is 0 Å². The molecule has 0 spiro atoms. The molecule has 11 heavy (non-hydrogen) atoms. The molecular weight excluding hydrogens is 136 g/mol. The molecule has 0 aromatic carbocycles. The summed E-state index contributed by atoms with van der Waals surface area (Å²) in [6, 6.07) is 0. The summed E-state index contributed by atoms with van der Waals surface area (Å²) >= 11 is 0. The second-order valence-corrected chi connectivity index (χ2v) is 3.84. The maximum absolute atomic E-state index is 5.58. The van der Waals surface area contributed by atoms with E-state index >= 15 is 0 Å². The third kappa shape index (κ3) is 3.06. The minimum absolute atomic E-state index is 0.486. The summed E-state index contributed by atoms with van der Waals surface area (Å²) in [7, 11) is 0. The quantitative estimate of drug-likeness (QED) is 0.556. The van der Waals surface area contributed by atoms with Crippen LogP contribution in [0.2, 0.25) is 0 Å². The lowest BCUT2D eigenvalue weighted by Gasteiger charge is -2.23. The molecule has 0 aliphatic carbocycles. The Morgan fingerprint density at radius 3 is 2.91 bits per heavy atom. The van der Waals surface area contributed by atoms with Crippen molar-refractivity contribution in [2.45, 2.75) is 39.7 Å². The van der Waals surface area contributed by atoms with Crippen LogP contribution >= 0.6 is 0 Å². The van der Waals surface area contributed by atoms with Crippen LogP contribution in [-0.4, -0.2) is 12.7 Å². The van der Waals surface area contributed by atoms with E-state index in [4.69, 9.17) is 4.74 Å². The van der Waals surface area contributed by atoms with Gasteiger partial charge in [0.15, 0.2) is 0 Å².